The van der Waals surface area contributed by atoms with Crippen LogP contribution in [0.1, 0.15) is 22.1 Å². The third-order valence-electron chi connectivity index (χ3n) is 4.41. The van der Waals surface area contributed by atoms with Crippen LogP contribution in [0.4, 0.5) is 13.2 Å². The lowest BCUT2D eigenvalue weighted by Crippen LogP contribution is -2.28. The molecule has 1 aliphatic rings. The maximum atomic E-state index is 12.5. The molecule has 1 unspecified atom stereocenters. The van der Waals surface area contributed by atoms with Crippen LogP contribution in [-0.4, -0.2) is 37.1 Å². The minimum atomic E-state index is -4.74. The second kappa shape index (κ2) is 8.44. The summed E-state index contributed by atoms with van der Waals surface area (Å²) < 4.78 is 51.9. The molecule has 0 aliphatic carbocycles. The second-order valence-electron chi connectivity index (χ2n) is 6.46. The Kier molecular flexibility index (Phi) is 6.16. The molecule has 156 valence electrons. The Bertz CT molecular complexity index is 861. The van der Waals surface area contributed by atoms with Gasteiger partial charge in [0.2, 0.25) is 5.91 Å². The fourth-order valence-electron chi connectivity index (χ4n) is 3.17. The maximum absolute atomic E-state index is 12.5. The summed E-state index contributed by atoms with van der Waals surface area (Å²) in [5, 5.41) is -0.334. The molecule has 1 heterocycles. The van der Waals surface area contributed by atoms with Crippen molar-refractivity contribution in [3.8, 4) is 17.2 Å². The van der Waals surface area contributed by atoms with Crippen LogP contribution < -0.4 is 14.2 Å². The number of nitrogens with zero attached hydrogens (tertiary/aromatic N) is 1. The molecule has 9 heteroatoms. The third-order valence-corrected chi connectivity index (χ3v) is 5.63. The topological polar surface area (TPSA) is 48.0 Å². The Morgan fingerprint density at radius 3 is 2.21 bits per heavy atom. The molecule has 0 radical (unpaired) electrons. The van der Waals surface area contributed by atoms with Crippen LogP contribution in [0.5, 0.6) is 17.2 Å². The van der Waals surface area contributed by atoms with E-state index in [0.717, 1.165) is 11.1 Å². The normalized spacial score (nSPS) is 16.8. The monoisotopic (exact) mass is 427 g/mol. The van der Waals surface area contributed by atoms with E-state index in [2.05, 4.69) is 4.74 Å². The Hall–Kier alpha value is -2.55. The smallest absolute Gasteiger partial charge is 0.496 e. The van der Waals surface area contributed by atoms with Crippen molar-refractivity contribution in [1.29, 1.82) is 0 Å². The lowest BCUT2D eigenvalue weighted by molar-refractivity contribution is -0.274. The Morgan fingerprint density at radius 2 is 1.69 bits per heavy atom. The Morgan fingerprint density at radius 1 is 1.10 bits per heavy atom. The first-order valence-corrected chi connectivity index (χ1v) is 9.75. The van der Waals surface area contributed by atoms with Gasteiger partial charge in [-0.15, -0.1) is 24.9 Å². The summed E-state index contributed by atoms with van der Waals surface area (Å²) in [6.07, 6.45) is -4.74. The fraction of sp³-hybridized carbons (Fsp3) is 0.350. The predicted molar refractivity (Wildman–Crippen MR) is 103 cm³/mol. The predicted octanol–water partition coefficient (Wildman–Crippen LogP) is 4.69. The van der Waals surface area contributed by atoms with Crippen molar-refractivity contribution in [2.75, 3.05) is 20.0 Å². The largest absolute Gasteiger partial charge is 0.573 e. The number of hydrogen-bond donors (Lipinski definition) is 0. The molecule has 2 aromatic rings. The van der Waals surface area contributed by atoms with Gasteiger partial charge in [-0.05, 0) is 42.3 Å². The molecule has 0 saturated carbocycles. The van der Waals surface area contributed by atoms with Crippen LogP contribution in [0.25, 0.3) is 0 Å². The molecule has 1 saturated heterocycles. The molecule has 0 N–H and O–H groups in total. The summed E-state index contributed by atoms with van der Waals surface area (Å²) in [6.45, 7) is 2.16. The molecular weight excluding hydrogens is 407 g/mol. The minimum absolute atomic E-state index is 0.0692. The van der Waals surface area contributed by atoms with Crippen molar-refractivity contribution in [1.82, 2.24) is 4.90 Å². The number of thioether (sulfide) groups is 1. The highest BCUT2D eigenvalue weighted by molar-refractivity contribution is 8.00. The number of benzene rings is 2. The summed E-state index contributed by atoms with van der Waals surface area (Å²) in [4.78, 5) is 14.2. The quantitative estimate of drug-likeness (QED) is 0.670. The average molecular weight is 427 g/mol. The van der Waals surface area contributed by atoms with E-state index >= 15 is 0 Å². The van der Waals surface area contributed by atoms with Gasteiger partial charge in [0.25, 0.3) is 0 Å². The summed E-state index contributed by atoms with van der Waals surface area (Å²) in [5.74, 6) is 1.16. The van der Waals surface area contributed by atoms with E-state index in [-0.39, 0.29) is 23.6 Å². The van der Waals surface area contributed by atoms with Crippen LogP contribution in [0.15, 0.2) is 36.4 Å². The van der Waals surface area contributed by atoms with Gasteiger partial charge in [0.1, 0.15) is 22.6 Å². The lowest BCUT2D eigenvalue weighted by atomic mass is 10.1. The number of halogens is 3. The number of rotatable bonds is 6. The standard InChI is InChI=1S/C20H20F3NO4S/c1-12-8-15(26-2)18(16(9-12)27-3)19-24(17(25)11-29-19)10-13-4-6-14(7-5-13)28-20(21,22)23/h4-9,19H,10-11H2,1-3H3. The molecule has 3 rings (SSSR count). The lowest BCUT2D eigenvalue weighted by Gasteiger charge is -2.27. The van der Waals surface area contributed by atoms with Gasteiger partial charge >= 0.3 is 6.36 Å². The van der Waals surface area contributed by atoms with E-state index < -0.39 is 6.36 Å². The summed E-state index contributed by atoms with van der Waals surface area (Å²) in [7, 11) is 3.12. The van der Waals surface area contributed by atoms with Crippen molar-refractivity contribution < 1.29 is 32.2 Å². The van der Waals surface area contributed by atoms with Gasteiger partial charge in [-0.25, -0.2) is 0 Å². The summed E-state index contributed by atoms with van der Waals surface area (Å²) >= 11 is 1.45. The third kappa shape index (κ3) is 4.90. The molecule has 5 nitrogen and oxygen atoms in total. The van der Waals surface area contributed by atoms with Crippen molar-refractivity contribution in [3.05, 3.63) is 53.1 Å². The van der Waals surface area contributed by atoms with E-state index in [1.807, 2.05) is 19.1 Å². The van der Waals surface area contributed by atoms with Gasteiger partial charge < -0.3 is 19.1 Å². The number of ether oxygens (including phenoxy) is 3. The molecule has 1 atom stereocenters. The SMILES string of the molecule is COc1cc(C)cc(OC)c1C1SCC(=O)N1Cc1ccc(OC(F)(F)F)cc1. The number of hydrogen-bond acceptors (Lipinski definition) is 5. The molecule has 1 fully saturated rings. The van der Waals surface area contributed by atoms with E-state index in [1.165, 1.54) is 36.0 Å². The first-order valence-electron chi connectivity index (χ1n) is 8.70. The van der Waals surface area contributed by atoms with Gasteiger partial charge in [0, 0.05) is 6.54 Å². The van der Waals surface area contributed by atoms with Gasteiger partial charge in [-0.1, -0.05) is 12.1 Å². The molecule has 29 heavy (non-hydrogen) atoms. The minimum Gasteiger partial charge on any atom is -0.496 e. The molecule has 1 aliphatic heterocycles. The molecule has 0 aromatic heterocycles. The number of aryl methyl sites for hydroxylation is 1. The Balaban J connectivity index is 1.87. The number of methoxy groups -OCH3 is 2. The van der Waals surface area contributed by atoms with Crippen LogP contribution in [0, 0.1) is 6.92 Å². The van der Waals surface area contributed by atoms with Crippen molar-refractivity contribution in [2.45, 2.75) is 25.2 Å². The molecule has 0 spiro atoms. The number of alkyl halides is 3. The van der Waals surface area contributed by atoms with E-state index in [4.69, 9.17) is 9.47 Å². The maximum Gasteiger partial charge on any atom is 0.573 e. The molecule has 1 amide bonds. The average Bonchev–Trinajstić information content (AvgIpc) is 3.01. The second-order valence-corrected chi connectivity index (χ2v) is 7.53. The summed E-state index contributed by atoms with van der Waals surface area (Å²) in [5.41, 5.74) is 2.41. The highest BCUT2D eigenvalue weighted by Crippen LogP contribution is 2.47. The van der Waals surface area contributed by atoms with Crippen LogP contribution in [0.3, 0.4) is 0 Å². The van der Waals surface area contributed by atoms with Gasteiger partial charge in [0.05, 0.1) is 25.5 Å². The first kappa shape index (κ1) is 21.2. The van der Waals surface area contributed by atoms with Gasteiger partial charge in [-0.3, -0.25) is 4.79 Å². The Labute approximate surface area is 170 Å². The fourth-order valence-corrected chi connectivity index (χ4v) is 4.41. The van der Waals surface area contributed by atoms with Gasteiger partial charge in [0.15, 0.2) is 0 Å². The highest BCUT2D eigenvalue weighted by Gasteiger charge is 2.37. The van der Waals surface area contributed by atoms with E-state index in [0.29, 0.717) is 22.8 Å². The van der Waals surface area contributed by atoms with Crippen LogP contribution >= 0.6 is 11.8 Å². The molecule has 0 bridgehead atoms. The zero-order chi connectivity index (χ0) is 21.2. The van der Waals surface area contributed by atoms with Crippen molar-refractivity contribution in [2.24, 2.45) is 0 Å². The summed E-state index contributed by atoms with van der Waals surface area (Å²) in [6, 6.07) is 9.25. The van der Waals surface area contributed by atoms with E-state index in [9.17, 15) is 18.0 Å². The van der Waals surface area contributed by atoms with Crippen molar-refractivity contribution >= 4 is 17.7 Å². The number of amides is 1. The van der Waals surface area contributed by atoms with Gasteiger partial charge in [-0.2, -0.15) is 0 Å². The van der Waals surface area contributed by atoms with Crippen LogP contribution in [0.2, 0.25) is 0 Å². The number of carbonyl (C=O) groups excluding carboxylic acids is 1. The van der Waals surface area contributed by atoms with Crippen molar-refractivity contribution in [3.63, 3.8) is 0 Å². The zero-order valence-corrected chi connectivity index (χ0v) is 16.9. The molecule has 2 aromatic carbocycles. The van der Waals surface area contributed by atoms with E-state index in [1.54, 1.807) is 19.1 Å². The zero-order valence-electron chi connectivity index (χ0n) is 16.1. The highest BCUT2D eigenvalue weighted by atomic mass is 32.2. The van der Waals surface area contributed by atoms with Crippen LogP contribution in [-0.2, 0) is 11.3 Å². The number of carbonyl (C=O) groups is 1. The first-order chi connectivity index (χ1) is 13.7. The molecular formula is C20H20F3NO4S.